The minimum Gasteiger partial charge on any atom is -0.378 e. The van der Waals surface area contributed by atoms with E-state index in [1.807, 2.05) is 19.1 Å². The highest BCUT2D eigenvalue weighted by atomic mass is 32.1. The van der Waals surface area contributed by atoms with Crippen LogP contribution < -0.4 is 10.6 Å². The van der Waals surface area contributed by atoms with Crippen LogP contribution in [0.3, 0.4) is 0 Å². The molecule has 2 heterocycles. The third kappa shape index (κ3) is 3.88. The number of aryl methyl sites for hydroxylation is 1. The summed E-state index contributed by atoms with van der Waals surface area (Å²) in [6.45, 7) is 3.42. The van der Waals surface area contributed by atoms with Gasteiger partial charge in [0, 0.05) is 37.9 Å². The predicted molar refractivity (Wildman–Crippen MR) is 78.2 cm³/mol. The zero-order valence-electron chi connectivity index (χ0n) is 11.8. The molecular formula is C14H20N2O3S. The Balaban J connectivity index is 1.76. The SMILES string of the molecule is CO[C@H]1CNC[C@@H]1NC(=O)CCC(=O)c1ccc(C)s1. The molecule has 1 fully saturated rings. The van der Waals surface area contributed by atoms with E-state index in [9.17, 15) is 9.59 Å². The molecule has 1 amide bonds. The minimum atomic E-state index is -0.0950. The molecule has 1 aliphatic heterocycles. The van der Waals surface area contributed by atoms with Crippen molar-refractivity contribution in [3.05, 3.63) is 21.9 Å². The van der Waals surface area contributed by atoms with Gasteiger partial charge >= 0.3 is 0 Å². The van der Waals surface area contributed by atoms with Gasteiger partial charge in [0.15, 0.2) is 5.78 Å². The van der Waals surface area contributed by atoms with Crippen LogP contribution in [0.1, 0.15) is 27.4 Å². The summed E-state index contributed by atoms with van der Waals surface area (Å²) < 4.78 is 5.28. The molecule has 6 heteroatoms. The van der Waals surface area contributed by atoms with Crippen molar-refractivity contribution in [1.29, 1.82) is 0 Å². The van der Waals surface area contributed by atoms with Crippen molar-refractivity contribution in [2.75, 3.05) is 20.2 Å². The summed E-state index contributed by atoms with van der Waals surface area (Å²) >= 11 is 1.47. The molecule has 1 aromatic heterocycles. The molecule has 0 radical (unpaired) electrons. The fourth-order valence-electron chi connectivity index (χ4n) is 2.26. The summed E-state index contributed by atoms with van der Waals surface area (Å²) in [5, 5.41) is 6.08. The predicted octanol–water partition coefficient (Wildman–Crippen LogP) is 1.12. The Morgan fingerprint density at radius 1 is 1.40 bits per heavy atom. The van der Waals surface area contributed by atoms with Crippen molar-refractivity contribution in [2.45, 2.75) is 31.9 Å². The highest BCUT2D eigenvalue weighted by Crippen LogP contribution is 2.17. The fourth-order valence-corrected chi connectivity index (χ4v) is 3.09. The Labute approximate surface area is 122 Å². The topological polar surface area (TPSA) is 67.4 Å². The zero-order valence-corrected chi connectivity index (χ0v) is 12.6. The molecule has 0 aliphatic carbocycles. The molecule has 2 atom stereocenters. The van der Waals surface area contributed by atoms with E-state index in [0.717, 1.165) is 16.3 Å². The maximum absolute atomic E-state index is 11.9. The number of ketones is 1. The van der Waals surface area contributed by atoms with Crippen molar-refractivity contribution >= 4 is 23.0 Å². The lowest BCUT2D eigenvalue weighted by atomic mass is 10.1. The van der Waals surface area contributed by atoms with Crippen LogP contribution in [0.15, 0.2) is 12.1 Å². The summed E-state index contributed by atoms with van der Waals surface area (Å²) in [6, 6.07) is 3.74. The van der Waals surface area contributed by atoms with Gasteiger partial charge in [-0.25, -0.2) is 0 Å². The number of methoxy groups -OCH3 is 1. The van der Waals surface area contributed by atoms with Crippen LogP contribution in [0.2, 0.25) is 0 Å². The Bertz CT molecular complexity index is 487. The van der Waals surface area contributed by atoms with Gasteiger partial charge in [0.25, 0.3) is 0 Å². The largest absolute Gasteiger partial charge is 0.378 e. The second-order valence-corrected chi connectivity index (χ2v) is 6.23. The maximum atomic E-state index is 11.9. The molecule has 0 bridgehead atoms. The van der Waals surface area contributed by atoms with Crippen LogP contribution in [0.25, 0.3) is 0 Å². The zero-order chi connectivity index (χ0) is 14.5. The molecule has 5 nitrogen and oxygen atoms in total. The highest BCUT2D eigenvalue weighted by Gasteiger charge is 2.28. The number of Topliss-reactive ketones (excluding diaryl/α,β-unsaturated/α-hetero) is 1. The van der Waals surface area contributed by atoms with Crippen molar-refractivity contribution < 1.29 is 14.3 Å². The van der Waals surface area contributed by atoms with E-state index in [2.05, 4.69) is 10.6 Å². The van der Waals surface area contributed by atoms with Gasteiger partial charge in [0.05, 0.1) is 17.0 Å². The van der Waals surface area contributed by atoms with Gasteiger partial charge in [0.2, 0.25) is 5.91 Å². The Morgan fingerprint density at radius 2 is 2.20 bits per heavy atom. The quantitative estimate of drug-likeness (QED) is 0.772. The lowest BCUT2D eigenvalue weighted by Gasteiger charge is -2.18. The average molecular weight is 296 g/mol. The van der Waals surface area contributed by atoms with Crippen molar-refractivity contribution in [2.24, 2.45) is 0 Å². The molecule has 20 heavy (non-hydrogen) atoms. The lowest BCUT2D eigenvalue weighted by Crippen LogP contribution is -2.43. The fraction of sp³-hybridized carbons (Fsp3) is 0.571. The van der Waals surface area contributed by atoms with E-state index in [-0.39, 0.29) is 36.7 Å². The number of hydrogen-bond donors (Lipinski definition) is 2. The van der Waals surface area contributed by atoms with Crippen molar-refractivity contribution in [3.63, 3.8) is 0 Å². The standard InChI is InChI=1S/C14H20N2O3S/c1-9-3-5-13(20-9)11(17)4-6-14(18)16-10-7-15-8-12(10)19-2/h3,5,10,12,15H,4,6-8H2,1-2H3,(H,16,18)/t10-,12-/m0/s1. The number of nitrogens with one attached hydrogen (secondary N) is 2. The van der Waals surface area contributed by atoms with E-state index in [1.165, 1.54) is 11.3 Å². The van der Waals surface area contributed by atoms with Crippen LogP contribution >= 0.6 is 11.3 Å². The van der Waals surface area contributed by atoms with Gasteiger partial charge < -0.3 is 15.4 Å². The van der Waals surface area contributed by atoms with Gasteiger partial charge in [-0.3, -0.25) is 9.59 Å². The smallest absolute Gasteiger partial charge is 0.220 e. The molecule has 2 N–H and O–H groups in total. The van der Waals surface area contributed by atoms with Crippen molar-refractivity contribution in [3.8, 4) is 0 Å². The molecule has 0 saturated carbocycles. The van der Waals surface area contributed by atoms with E-state index in [1.54, 1.807) is 7.11 Å². The lowest BCUT2D eigenvalue weighted by molar-refractivity contribution is -0.122. The first-order chi connectivity index (χ1) is 9.60. The van der Waals surface area contributed by atoms with Gasteiger partial charge in [-0.05, 0) is 19.1 Å². The van der Waals surface area contributed by atoms with Gasteiger partial charge in [-0.15, -0.1) is 11.3 Å². The monoisotopic (exact) mass is 296 g/mol. The first-order valence-corrected chi connectivity index (χ1v) is 7.54. The maximum Gasteiger partial charge on any atom is 0.220 e. The average Bonchev–Trinajstić information content (AvgIpc) is 3.04. The Hall–Kier alpha value is -1.24. The summed E-state index contributed by atoms with van der Waals surface area (Å²) in [5.41, 5.74) is 0. The number of carbonyl (C=O) groups excluding carboxylic acids is 2. The third-order valence-corrected chi connectivity index (χ3v) is 4.44. The van der Waals surface area contributed by atoms with Crippen LogP contribution in [0.4, 0.5) is 0 Å². The normalized spacial score (nSPS) is 21.9. The van der Waals surface area contributed by atoms with Crippen LogP contribution in [-0.4, -0.2) is 44.0 Å². The Morgan fingerprint density at radius 3 is 2.85 bits per heavy atom. The number of thiophene rings is 1. The van der Waals surface area contributed by atoms with Gasteiger partial charge in [-0.1, -0.05) is 0 Å². The second-order valence-electron chi connectivity index (χ2n) is 4.94. The van der Waals surface area contributed by atoms with E-state index >= 15 is 0 Å². The number of ether oxygens (including phenoxy) is 1. The second kappa shape index (κ2) is 6.97. The molecular weight excluding hydrogens is 276 g/mol. The number of rotatable bonds is 6. The molecule has 1 aliphatic rings. The van der Waals surface area contributed by atoms with Gasteiger partial charge in [-0.2, -0.15) is 0 Å². The molecule has 0 spiro atoms. The summed E-state index contributed by atoms with van der Waals surface area (Å²) in [5.74, 6) is -0.0616. The first-order valence-electron chi connectivity index (χ1n) is 6.72. The van der Waals surface area contributed by atoms with E-state index in [0.29, 0.717) is 6.54 Å². The third-order valence-electron chi connectivity index (χ3n) is 3.40. The number of amides is 1. The summed E-state index contributed by atoms with van der Waals surface area (Å²) in [7, 11) is 1.64. The molecule has 110 valence electrons. The van der Waals surface area contributed by atoms with Crippen molar-refractivity contribution in [1.82, 2.24) is 10.6 Å². The van der Waals surface area contributed by atoms with Gasteiger partial charge in [0.1, 0.15) is 0 Å². The molecule has 0 unspecified atom stereocenters. The van der Waals surface area contributed by atoms with Crippen LogP contribution in [-0.2, 0) is 9.53 Å². The number of hydrogen-bond acceptors (Lipinski definition) is 5. The van der Waals surface area contributed by atoms with Crippen LogP contribution in [0.5, 0.6) is 0 Å². The highest BCUT2D eigenvalue weighted by molar-refractivity contribution is 7.14. The van der Waals surface area contributed by atoms with E-state index < -0.39 is 0 Å². The number of carbonyl (C=O) groups is 2. The van der Waals surface area contributed by atoms with Crippen LogP contribution in [0, 0.1) is 6.92 Å². The van der Waals surface area contributed by atoms with E-state index in [4.69, 9.17) is 4.74 Å². The molecule has 1 saturated heterocycles. The molecule has 0 aromatic carbocycles. The molecule has 1 aromatic rings. The first kappa shape index (κ1) is 15.2. The minimum absolute atomic E-state index is 0.00779. The molecule has 2 rings (SSSR count). The summed E-state index contributed by atoms with van der Waals surface area (Å²) in [4.78, 5) is 25.6. The Kier molecular flexibility index (Phi) is 5.28. The summed E-state index contributed by atoms with van der Waals surface area (Å²) in [6.07, 6.45) is 0.487.